The molecule has 2 aromatic heterocycles. The van der Waals surface area contributed by atoms with Crippen LogP contribution in [0.5, 0.6) is 11.8 Å². The van der Waals surface area contributed by atoms with Crippen molar-refractivity contribution in [3.8, 4) is 45.4 Å². The molecule has 2 aliphatic rings. The van der Waals surface area contributed by atoms with Gasteiger partial charge in [0.15, 0.2) is 0 Å². The number of pyridine rings is 2. The molecule has 0 aliphatic carbocycles. The van der Waals surface area contributed by atoms with E-state index in [1.54, 1.807) is 7.11 Å². The minimum absolute atomic E-state index is 0.0999. The molecule has 4 aromatic rings. The average Bonchev–Trinajstić information content (AvgIpc) is 3.35. The first-order valence-electron chi connectivity index (χ1n) is 15.0. The summed E-state index contributed by atoms with van der Waals surface area (Å²) in [6, 6.07) is 19.6. The number of benzene rings is 2. The largest absolute Gasteiger partial charge is 0.481 e. The standard InChI is InChI=1S/C34H35Cl2N5O4/c1-44-33-21(18-37-19-23-10-13-30(43)38-23)8-11-28(39-33)26-6-2-4-24(31(26)35)25-5-3-7-27(32(25)36)29-12-9-22-20-41(14-16-42)15-17-45-34(22)40-29/h2-9,11-12,23,37,42H,10,13-20H2,1H3,(H,38,43). The SMILES string of the molecule is COc1nc(-c2cccc(-c3cccc(-c4ccc5c(n4)OCCN(CCO)C5)c3Cl)c2Cl)ccc1CNCC1CCC(=O)N1. The van der Waals surface area contributed by atoms with E-state index in [1.165, 1.54) is 0 Å². The number of β-amino-alcohol motifs (C(OH)–C–C–N with tert-alkyl or cyclic N) is 1. The third-order valence-electron chi connectivity index (χ3n) is 8.16. The maximum Gasteiger partial charge on any atom is 0.220 e. The van der Waals surface area contributed by atoms with E-state index in [9.17, 15) is 9.90 Å². The van der Waals surface area contributed by atoms with Crippen LogP contribution in [0, 0.1) is 0 Å². The first-order chi connectivity index (χ1) is 21.9. The first-order valence-corrected chi connectivity index (χ1v) is 15.8. The number of nitrogens with zero attached hydrogens (tertiary/aromatic N) is 3. The van der Waals surface area contributed by atoms with Crippen molar-refractivity contribution in [2.45, 2.75) is 32.0 Å². The fourth-order valence-electron chi connectivity index (χ4n) is 5.81. The van der Waals surface area contributed by atoms with Crippen LogP contribution in [0.3, 0.4) is 0 Å². The van der Waals surface area contributed by atoms with E-state index < -0.39 is 0 Å². The number of halogens is 2. The van der Waals surface area contributed by atoms with E-state index in [1.807, 2.05) is 60.7 Å². The molecule has 1 amide bonds. The first kappa shape index (κ1) is 31.3. The summed E-state index contributed by atoms with van der Waals surface area (Å²) < 4.78 is 11.6. The lowest BCUT2D eigenvalue weighted by atomic mass is 9.98. The molecule has 45 heavy (non-hydrogen) atoms. The maximum atomic E-state index is 11.5. The predicted octanol–water partition coefficient (Wildman–Crippen LogP) is 5.35. The minimum atomic E-state index is 0.0999. The Hall–Kier alpha value is -3.73. The van der Waals surface area contributed by atoms with Gasteiger partial charge in [0.05, 0.1) is 35.1 Å². The second-order valence-electron chi connectivity index (χ2n) is 11.1. The lowest BCUT2D eigenvalue weighted by Gasteiger charge is -2.17. The van der Waals surface area contributed by atoms with Crippen molar-refractivity contribution in [2.75, 3.05) is 40.0 Å². The monoisotopic (exact) mass is 647 g/mol. The quantitative estimate of drug-likeness (QED) is 0.211. The number of rotatable bonds is 10. The van der Waals surface area contributed by atoms with Gasteiger partial charge in [-0.05, 0) is 18.6 Å². The number of amides is 1. The maximum absolute atomic E-state index is 11.5. The molecular weight excluding hydrogens is 613 g/mol. The van der Waals surface area contributed by atoms with Gasteiger partial charge < -0.3 is 25.2 Å². The Morgan fingerprint density at radius 3 is 2.36 bits per heavy atom. The zero-order chi connectivity index (χ0) is 31.3. The second-order valence-corrected chi connectivity index (χ2v) is 11.9. The van der Waals surface area contributed by atoms with Gasteiger partial charge in [-0.25, -0.2) is 9.97 Å². The molecule has 3 N–H and O–H groups in total. The molecule has 0 bridgehead atoms. The zero-order valence-corrected chi connectivity index (χ0v) is 26.5. The molecule has 9 nitrogen and oxygen atoms in total. The summed E-state index contributed by atoms with van der Waals surface area (Å²) in [6.07, 6.45) is 1.41. The number of nitrogens with one attached hydrogen (secondary N) is 2. The molecule has 6 rings (SSSR count). The van der Waals surface area contributed by atoms with Crippen LogP contribution >= 0.6 is 23.2 Å². The molecule has 1 fully saturated rings. The molecule has 234 valence electrons. The highest BCUT2D eigenvalue weighted by atomic mass is 35.5. The van der Waals surface area contributed by atoms with Gasteiger partial charge >= 0.3 is 0 Å². The van der Waals surface area contributed by atoms with Gasteiger partial charge in [0.2, 0.25) is 17.7 Å². The fourth-order valence-corrected chi connectivity index (χ4v) is 6.46. The molecule has 1 saturated heterocycles. The highest BCUT2D eigenvalue weighted by Gasteiger charge is 2.22. The van der Waals surface area contributed by atoms with Crippen molar-refractivity contribution in [3.05, 3.63) is 81.8 Å². The third-order valence-corrected chi connectivity index (χ3v) is 8.97. The highest BCUT2D eigenvalue weighted by Crippen LogP contribution is 2.42. The van der Waals surface area contributed by atoms with Crippen LogP contribution in [0.4, 0.5) is 0 Å². The van der Waals surface area contributed by atoms with Crippen LogP contribution in [0.2, 0.25) is 10.0 Å². The Morgan fingerprint density at radius 2 is 1.69 bits per heavy atom. The fraction of sp³-hybridized carbons (Fsp3) is 0.324. The number of carbonyl (C=O) groups excluding carboxylic acids is 1. The van der Waals surface area contributed by atoms with E-state index >= 15 is 0 Å². The Bertz CT molecular complexity index is 1700. The number of fused-ring (bicyclic) bond motifs is 1. The number of aromatic nitrogens is 2. The van der Waals surface area contributed by atoms with E-state index in [0.717, 1.165) is 46.3 Å². The van der Waals surface area contributed by atoms with Crippen LogP contribution in [0.15, 0.2) is 60.7 Å². The number of hydrogen-bond acceptors (Lipinski definition) is 8. The van der Waals surface area contributed by atoms with Gasteiger partial charge in [0.1, 0.15) is 6.61 Å². The van der Waals surface area contributed by atoms with Crippen molar-refractivity contribution in [3.63, 3.8) is 0 Å². The number of methoxy groups -OCH3 is 1. The molecule has 2 aromatic carbocycles. The Labute approximate surface area is 272 Å². The normalized spacial score (nSPS) is 16.5. The molecular formula is C34H35Cl2N5O4. The average molecular weight is 649 g/mol. The lowest BCUT2D eigenvalue weighted by molar-refractivity contribution is -0.119. The summed E-state index contributed by atoms with van der Waals surface area (Å²) in [5, 5.41) is 16.8. The summed E-state index contributed by atoms with van der Waals surface area (Å²) in [5.74, 6) is 1.19. The molecule has 0 radical (unpaired) electrons. The lowest BCUT2D eigenvalue weighted by Crippen LogP contribution is -2.35. The molecule has 0 spiro atoms. The smallest absolute Gasteiger partial charge is 0.220 e. The Balaban J connectivity index is 1.25. The van der Waals surface area contributed by atoms with Crippen molar-refractivity contribution >= 4 is 29.1 Å². The van der Waals surface area contributed by atoms with Crippen molar-refractivity contribution in [2.24, 2.45) is 0 Å². The van der Waals surface area contributed by atoms with Crippen molar-refractivity contribution in [1.29, 1.82) is 0 Å². The van der Waals surface area contributed by atoms with Crippen molar-refractivity contribution in [1.82, 2.24) is 25.5 Å². The third kappa shape index (κ3) is 6.93. The van der Waals surface area contributed by atoms with Crippen LogP contribution in [0.25, 0.3) is 33.6 Å². The summed E-state index contributed by atoms with van der Waals surface area (Å²) in [6.45, 7) is 3.81. The van der Waals surface area contributed by atoms with Crippen LogP contribution in [-0.2, 0) is 17.9 Å². The second kappa shape index (κ2) is 14.1. The predicted molar refractivity (Wildman–Crippen MR) is 176 cm³/mol. The van der Waals surface area contributed by atoms with Gasteiger partial charge in [-0.3, -0.25) is 9.69 Å². The summed E-state index contributed by atoms with van der Waals surface area (Å²) >= 11 is 14.1. The summed E-state index contributed by atoms with van der Waals surface area (Å²) in [4.78, 5) is 23.2. The number of carbonyl (C=O) groups is 1. The van der Waals surface area contributed by atoms with Gasteiger partial charge in [-0.15, -0.1) is 0 Å². The van der Waals surface area contributed by atoms with Gasteiger partial charge in [0.25, 0.3) is 0 Å². The minimum Gasteiger partial charge on any atom is -0.481 e. The number of aliphatic hydroxyl groups is 1. The highest BCUT2D eigenvalue weighted by molar-refractivity contribution is 6.39. The Morgan fingerprint density at radius 1 is 1.00 bits per heavy atom. The number of hydrogen-bond donors (Lipinski definition) is 3. The molecule has 1 unspecified atom stereocenters. The number of ether oxygens (including phenoxy) is 2. The molecule has 4 heterocycles. The van der Waals surface area contributed by atoms with Crippen LogP contribution in [-0.4, -0.2) is 71.9 Å². The van der Waals surface area contributed by atoms with Gasteiger partial charge in [0, 0.05) is 78.6 Å². The Kier molecular flexibility index (Phi) is 9.82. The van der Waals surface area contributed by atoms with Crippen LogP contribution in [0.1, 0.15) is 24.0 Å². The van der Waals surface area contributed by atoms with E-state index in [0.29, 0.717) is 72.4 Å². The summed E-state index contributed by atoms with van der Waals surface area (Å²) in [7, 11) is 1.60. The van der Waals surface area contributed by atoms with E-state index in [4.69, 9.17) is 42.6 Å². The molecule has 1 atom stereocenters. The molecule has 2 aliphatic heterocycles. The van der Waals surface area contributed by atoms with E-state index in [2.05, 4.69) is 15.5 Å². The molecule has 11 heteroatoms. The van der Waals surface area contributed by atoms with Crippen molar-refractivity contribution < 1.29 is 19.4 Å². The van der Waals surface area contributed by atoms with E-state index in [-0.39, 0.29) is 18.6 Å². The molecule has 0 saturated carbocycles. The zero-order valence-electron chi connectivity index (χ0n) is 25.0. The van der Waals surface area contributed by atoms with Crippen LogP contribution < -0.4 is 20.1 Å². The number of aliphatic hydroxyl groups excluding tert-OH is 1. The van der Waals surface area contributed by atoms with Gasteiger partial charge in [-0.2, -0.15) is 0 Å². The van der Waals surface area contributed by atoms with Gasteiger partial charge in [-0.1, -0.05) is 71.7 Å². The summed E-state index contributed by atoms with van der Waals surface area (Å²) in [5.41, 5.74) is 6.34. The topological polar surface area (TPSA) is 109 Å².